The van der Waals surface area contributed by atoms with Gasteiger partial charge in [-0.15, -0.1) is 0 Å². The topological polar surface area (TPSA) is 76.2 Å². The molecular weight excluding hydrogens is 424 g/mol. The molecule has 1 heterocycles. The second-order valence-electron chi connectivity index (χ2n) is 7.39. The van der Waals surface area contributed by atoms with E-state index in [1.807, 2.05) is 6.92 Å². The summed E-state index contributed by atoms with van der Waals surface area (Å²) in [7, 11) is -3.70. The van der Waals surface area contributed by atoms with Crippen molar-refractivity contribution in [1.29, 1.82) is 0 Å². The maximum absolute atomic E-state index is 13.4. The summed E-state index contributed by atoms with van der Waals surface area (Å²) in [5.41, 5.74) is 0. The number of nitrogens with zero attached hydrogens (tertiary/aromatic N) is 2. The summed E-state index contributed by atoms with van der Waals surface area (Å²) >= 11 is 1.16. The third-order valence-corrected chi connectivity index (χ3v) is 8.04. The number of hydrogen-bond donors (Lipinski definition) is 0. The number of sulfonamides is 1. The number of hydrogen-bond acceptors (Lipinski definition) is 7. The number of rotatable bonds is 12. The molecular formula is C21H34N2O5S2. The molecule has 2 rings (SSSR count). The number of carbonyl (C=O) groups is 1. The SMILES string of the molecule is CCCCOc1ccc(S(=O)(=O)N(CCN2CCOCC2)C(C)CSC(C)=O)cc1. The fourth-order valence-corrected chi connectivity index (χ4v) is 5.51. The van der Waals surface area contributed by atoms with E-state index in [4.69, 9.17) is 9.47 Å². The number of unbranched alkanes of at least 4 members (excludes halogenated alkanes) is 1. The first-order valence-electron chi connectivity index (χ1n) is 10.5. The molecule has 0 bridgehead atoms. The molecule has 9 heteroatoms. The van der Waals surface area contributed by atoms with Gasteiger partial charge in [0.15, 0.2) is 5.12 Å². The Hall–Kier alpha value is -1.13. The Morgan fingerprint density at radius 3 is 2.53 bits per heavy atom. The van der Waals surface area contributed by atoms with E-state index in [0.29, 0.717) is 44.4 Å². The number of benzene rings is 1. The van der Waals surface area contributed by atoms with Gasteiger partial charge in [-0.2, -0.15) is 4.31 Å². The van der Waals surface area contributed by atoms with Gasteiger partial charge < -0.3 is 9.47 Å². The van der Waals surface area contributed by atoms with Gasteiger partial charge in [-0.3, -0.25) is 9.69 Å². The van der Waals surface area contributed by atoms with Crippen LogP contribution in [0, 0.1) is 0 Å². The second kappa shape index (κ2) is 12.7. The van der Waals surface area contributed by atoms with Gasteiger partial charge in [-0.25, -0.2) is 8.42 Å². The summed E-state index contributed by atoms with van der Waals surface area (Å²) < 4.78 is 39.4. The summed E-state index contributed by atoms with van der Waals surface area (Å²) in [6, 6.07) is 6.31. The van der Waals surface area contributed by atoms with Gasteiger partial charge in [0.25, 0.3) is 0 Å². The monoisotopic (exact) mass is 458 g/mol. The Morgan fingerprint density at radius 2 is 1.93 bits per heavy atom. The normalized spacial score (nSPS) is 16.5. The summed E-state index contributed by atoms with van der Waals surface area (Å²) in [5, 5.41) is -0.0130. The van der Waals surface area contributed by atoms with Crippen molar-refractivity contribution in [3.63, 3.8) is 0 Å². The van der Waals surface area contributed by atoms with Crippen molar-refractivity contribution in [1.82, 2.24) is 9.21 Å². The fourth-order valence-electron chi connectivity index (χ4n) is 3.14. The molecule has 170 valence electrons. The maximum Gasteiger partial charge on any atom is 0.243 e. The molecule has 1 aliphatic heterocycles. The molecule has 7 nitrogen and oxygen atoms in total. The molecule has 0 spiro atoms. The lowest BCUT2D eigenvalue weighted by molar-refractivity contribution is -0.109. The first kappa shape index (κ1) is 25.1. The molecule has 0 aromatic heterocycles. The lowest BCUT2D eigenvalue weighted by atomic mass is 10.3. The molecule has 0 saturated carbocycles. The van der Waals surface area contributed by atoms with Crippen molar-refractivity contribution in [3.8, 4) is 5.75 Å². The minimum absolute atomic E-state index is 0.0130. The number of carbonyl (C=O) groups excluding carboxylic acids is 1. The highest BCUT2D eigenvalue weighted by Gasteiger charge is 2.30. The van der Waals surface area contributed by atoms with E-state index in [1.165, 1.54) is 11.2 Å². The molecule has 1 unspecified atom stereocenters. The third-order valence-electron chi connectivity index (χ3n) is 4.96. The largest absolute Gasteiger partial charge is 0.494 e. The van der Waals surface area contributed by atoms with Gasteiger partial charge in [-0.1, -0.05) is 25.1 Å². The quantitative estimate of drug-likeness (QED) is 0.446. The minimum atomic E-state index is -3.70. The Morgan fingerprint density at radius 1 is 1.27 bits per heavy atom. The van der Waals surface area contributed by atoms with Crippen molar-refractivity contribution in [2.45, 2.75) is 44.6 Å². The van der Waals surface area contributed by atoms with Crippen LogP contribution in [0.25, 0.3) is 0 Å². The van der Waals surface area contributed by atoms with Crippen LogP contribution < -0.4 is 4.74 Å². The van der Waals surface area contributed by atoms with E-state index < -0.39 is 10.0 Å². The predicted octanol–water partition coefficient (Wildman–Crippen LogP) is 2.86. The molecule has 1 aliphatic rings. The van der Waals surface area contributed by atoms with Crippen LogP contribution in [0.2, 0.25) is 0 Å². The van der Waals surface area contributed by atoms with Crippen LogP contribution in [0.15, 0.2) is 29.2 Å². The van der Waals surface area contributed by atoms with Crippen LogP contribution in [0.1, 0.15) is 33.6 Å². The number of morpholine rings is 1. The van der Waals surface area contributed by atoms with Crippen LogP contribution in [0.3, 0.4) is 0 Å². The van der Waals surface area contributed by atoms with Gasteiger partial charge in [0.05, 0.1) is 24.7 Å². The second-order valence-corrected chi connectivity index (χ2v) is 10.5. The van der Waals surface area contributed by atoms with E-state index in [1.54, 1.807) is 24.3 Å². The first-order chi connectivity index (χ1) is 14.3. The van der Waals surface area contributed by atoms with Crippen LogP contribution in [0.4, 0.5) is 0 Å². The average Bonchev–Trinajstić information content (AvgIpc) is 2.73. The van der Waals surface area contributed by atoms with Crippen molar-refractivity contribution in [2.75, 3.05) is 51.8 Å². The van der Waals surface area contributed by atoms with Crippen molar-refractivity contribution >= 4 is 26.9 Å². The molecule has 1 fully saturated rings. The molecule has 1 aromatic carbocycles. The lowest BCUT2D eigenvalue weighted by Crippen LogP contribution is -2.46. The summed E-state index contributed by atoms with van der Waals surface area (Å²) in [4.78, 5) is 13.9. The maximum atomic E-state index is 13.4. The highest BCUT2D eigenvalue weighted by molar-refractivity contribution is 8.13. The van der Waals surface area contributed by atoms with Gasteiger partial charge in [0, 0.05) is 44.9 Å². The summed E-state index contributed by atoms with van der Waals surface area (Å²) in [5.74, 6) is 1.10. The molecule has 1 aromatic rings. The summed E-state index contributed by atoms with van der Waals surface area (Å²) in [6.07, 6.45) is 2.00. The Balaban J connectivity index is 2.13. The van der Waals surface area contributed by atoms with Crippen LogP contribution >= 0.6 is 11.8 Å². The Labute approximate surface area is 185 Å². The Kier molecular flexibility index (Phi) is 10.6. The van der Waals surface area contributed by atoms with E-state index in [9.17, 15) is 13.2 Å². The molecule has 1 saturated heterocycles. The average molecular weight is 459 g/mol. The molecule has 0 radical (unpaired) electrons. The fraction of sp³-hybridized carbons (Fsp3) is 0.667. The Bertz CT molecular complexity index is 749. The van der Waals surface area contributed by atoms with Crippen molar-refractivity contribution in [2.24, 2.45) is 0 Å². The van der Waals surface area contributed by atoms with Crippen LogP contribution in [-0.2, 0) is 19.6 Å². The van der Waals surface area contributed by atoms with Crippen molar-refractivity contribution < 1.29 is 22.7 Å². The van der Waals surface area contributed by atoms with Gasteiger partial charge in [0.1, 0.15) is 5.75 Å². The van der Waals surface area contributed by atoms with E-state index >= 15 is 0 Å². The summed E-state index contributed by atoms with van der Waals surface area (Å²) in [6.45, 7) is 10.0. The smallest absolute Gasteiger partial charge is 0.243 e. The van der Waals surface area contributed by atoms with Crippen LogP contribution in [0.5, 0.6) is 5.75 Å². The minimum Gasteiger partial charge on any atom is -0.494 e. The zero-order chi connectivity index (χ0) is 22.0. The highest BCUT2D eigenvalue weighted by Crippen LogP contribution is 2.23. The van der Waals surface area contributed by atoms with E-state index in [2.05, 4.69) is 11.8 Å². The number of thioether (sulfide) groups is 1. The zero-order valence-corrected chi connectivity index (χ0v) is 19.8. The number of ether oxygens (including phenoxy) is 2. The lowest BCUT2D eigenvalue weighted by Gasteiger charge is -2.32. The van der Waals surface area contributed by atoms with Gasteiger partial charge in [0.2, 0.25) is 10.0 Å². The molecule has 0 aliphatic carbocycles. The molecule has 0 N–H and O–H groups in total. The van der Waals surface area contributed by atoms with Crippen LogP contribution in [-0.4, -0.2) is 80.5 Å². The van der Waals surface area contributed by atoms with E-state index in [-0.39, 0.29) is 16.1 Å². The van der Waals surface area contributed by atoms with Crippen molar-refractivity contribution in [3.05, 3.63) is 24.3 Å². The van der Waals surface area contributed by atoms with Gasteiger partial charge >= 0.3 is 0 Å². The third kappa shape index (κ3) is 7.85. The van der Waals surface area contributed by atoms with Gasteiger partial charge in [-0.05, 0) is 37.6 Å². The standard InChI is InChI=1S/C21H34N2O5S2/c1-4-5-14-28-20-6-8-21(9-7-20)30(25,26)23(18(2)17-29-19(3)24)11-10-22-12-15-27-16-13-22/h6-9,18H,4-5,10-17H2,1-3H3. The predicted molar refractivity (Wildman–Crippen MR) is 121 cm³/mol. The van der Waals surface area contributed by atoms with E-state index in [0.717, 1.165) is 37.7 Å². The molecule has 30 heavy (non-hydrogen) atoms. The molecule has 1 atom stereocenters. The highest BCUT2D eigenvalue weighted by atomic mass is 32.2. The zero-order valence-electron chi connectivity index (χ0n) is 18.2. The molecule has 0 amide bonds. The first-order valence-corrected chi connectivity index (χ1v) is 12.9.